The molecular weight excluding hydrogens is 681 g/mol. The van der Waals surface area contributed by atoms with Crippen molar-refractivity contribution in [1.29, 1.82) is 0 Å². The fourth-order valence-corrected chi connectivity index (χ4v) is 8.27. The average molecular weight is 743 g/mol. The van der Waals surface area contributed by atoms with Crippen LogP contribution in [0.4, 0.5) is 4.79 Å². The summed E-state index contributed by atoms with van der Waals surface area (Å²) in [7, 11) is 0. The van der Waals surface area contributed by atoms with E-state index in [9.17, 15) is 19.8 Å². The molecular formula is C44H62N4O6. The predicted molar refractivity (Wildman–Crippen MR) is 212 cm³/mol. The molecule has 1 fully saturated rings. The van der Waals surface area contributed by atoms with E-state index >= 15 is 0 Å². The quantitative estimate of drug-likeness (QED) is 0.108. The number of aliphatic hydroxyl groups excluding tert-OH is 2. The molecule has 3 aromatic carbocycles. The first-order valence-corrected chi connectivity index (χ1v) is 19.5. The zero-order valence-corrected chi connectivity index (χ0v) is 33.2. The van der Waals surface area contributed by atoms with Gasteiger partial charge in [0, 0.05) is 36.0 Å². The van der Waals surface area contributed by atoms with Gasteiger partial charge in [0.2, 0.25) is 5.91 Å². The molecule has 3 aromatic rings. The molecule has 5 atom stereocenters. The second-order valence-electron chi connectivity index (χ2n) is 17.5. The topological polar surface area (TPSA) is 141 Å². The number of hydrogen-bond acceptors (Lipinski definition) is 8. The van der Waals surface area contributed by atoms with Gasteiger partial charge in [-0.1, -0.05) is 66.7 Å². The van der Waals surface area contributed by atoms with Gasteiger partial charge in [-0.05, 0) is 115 Å². The lowest BCUT2D eigenvalue weighted by Gasteiger charge is -2.46. The van der Waals surface area contributed by atoms with E-state index in [1.165, 1.54) is 0 Å². The van der Waals surface area contributed by atoms with Crippen LogP contribution in [0.3, 0.4) is 0 Å². The fraction of sp³-hybridized carbons (Fsp3) is 0.545. The van der Waals surface area contributed by atoms with E-state index in [-0.39, 0.29) is 23.4 Å². The summed E-state index contributed by atoms with van der Waals surface area (Å²) in [6.45, 7) is 15.6. The minimum atomic E-state index is -1.08. The second kappa shape index (κ2) is 17.7. The van der Waals surface area contributed by atoms with E-state index < -0.39 is 41.9 Å². The first-order chi connectivity index (χ1) is 25.5. The van der Waals surface area contributed by atoms with E-state index in [4.69, 9.17) is 9.47 Å². The Morgan fingerprint density at radius 2 is 1.52 bits per heavy atom. The molecule has 6 N–H and O–H groups in total. The fourth-order valence-electron chi connectivity index (χ4n) is 8.27. The highest BCUT2D eigenvalue weighted by Gasteiger charge is 2.38. The number of nitrogens with one attached hydrogen (secondary N) is 4. The number of benzene rings is 3. The van der Waals surface area contributed by atoms with Crippen LogP contribution in [0, 0.1) is 5.92 Å². The van der Waals surface area contributed by atoms with Crippen molar-refractivity contribution in [3.8, 4) is 5.75 Å². The van der Waals surface area contributed by atoms with Crippen molar-refractivity contribution >= 4 is 12.0 Å². The third-order valence-electron chi connectivity index (χ3n) is 10.3. The lowest BCUT2D eigenvalue weighted by atomic mass is 9.79. The highest BCUT2D eigenvalue weighted by molar-refractivity contribution is 5.80. The second-order valence-corrected chi connectivity index (χ2v) is 17.5. The minimum Gasteiger partial charge on any atom is -0.492 e. The molecule has 10 heteroatoms. The number of hydrogen-bond donors (Lipinski definition) is 6. The summed E-state index contributed by atoms with van der Waals surface area (Å²) < 4.78 is 11.6. The SMILES string of the molecule is CC1(C)CC(NCCOc2ccc(CC(CC(O)C(Cc3ccccc3)NC(=O)OC(C)(C)C)C(=O)NC3c4ccccc4CC3O)cc2)CC(C)(C)N1. The average Bonchev–Trinajstić information content (AvgIpc) is 3.39. The smallest absolute Gasteiger partial charge is 0.407 e. The molecule has 1 aliphatic carbocycles. The van der Waals surface area contributed by atoms with Gasteiger partial charge in [0.05, 0.1) is 24.3 Å². The van der Waals surface area contributed by atoms with Gasteiger partial charge in [-0.3, -0.25) is 4.79 Å². The van der Waals surface area contributed by atoms with Crippen LogP contribution in [0.1, 0.15) is 96.0 Å². The van der Waals surface area contributed by atoms with Crippen LogP contribution < -0.4 is 26.0 Å². The van der Waals surface area contributed by atoms with E-state index in [0.717, 1.165) is 47.4 Å². The van der Waals surface area contributed by atoms with E-state index in [2.05, 4.69) is 49.0 Å². The standard InChI is InChI=1S/C44H62N4O6/c1-42(2,3)54-41(52)46-36(24-29-13-9-8-10-14-29)37(49)26-32(40(51)47-39-35-16-12-11-15-31(35)25-38(39)50)23-30-17-19-34(20-18-30)53-22-21-45-33-27-43(4,5)48-44(6,7)28-33/h8-20,32-33,36-39,45,48-50H,21-28H2,1-7H3,(H,46,52)(H,47,51). The lowest BCUT2D eigenvalue weighted by molar-refractivity contribution is -0.127. The van der Waals surface area contributed by atoms with Crippen LogP contribution in [0.15, 0.2) is 78.9 Å². The Morgan fingerprint density at radius 3 is 2.19 bits per heavy atom. The Labute approximate surface area is 321 Å². The summed E-state index contributed by atoms with van der Waals surface area (Å²) in [5, 5.41) is 36.1. The summed E-state index contributed by atoms with van der Waals surface area (Å²) in [4.78, 5) is 27.1. The molecule has 0 radical (unpaired) electrons. The third-order valence-corrected chi connectivity index (χ3v) is 10.3. The number of piperidine rings is 1. The van der Waals surface area contributed by atoms with Gasteiger partial charge in [0.1, 0.15) is 18.0 Å². The molecule has 1 aliphatic heterocycles. The van der Waals surface area contributed by atoms with Crippen LogP contribution in [0.5, 0.6) is 5.75 Å². The molecule has 294 valence electrons. The largest absolute Gasteiger partial charge is 0.492 e. The normalized spacial score (nSPS) is 21.0. The third kappa shape index (κ3) is 12.3. The summed E-state index contributed by atoms with van der Waals surface area (Å²) in [6, 6.07) is 24.2. The Morgan fingerprint density at radius 1 is 0.889 bits per heavy atom. The first kappa shape index (κ1) is 41.2. The van der Waals surface area contributed by atoms with Gasteiger partial charge < -0.3 is 41.0 Å². The molecule has 5 unspecified atom stereocenters. The maximum absolute atomic E-state index is 14.2. The van der Waals surface area contributed by atoms with Crippen molar-refractivity contribution in [1.82, 2.24) is 21.3 Å². The van der Waals surface area contributed by atoms with Crippen molar-refractivity contribution in [3.05, 3.63) is 101 Å². The number of aliphatic hydroxyl groups is 2. The maximum atomic E-state index is 14.2. The van der Waals surface area contributed by atoms with Gasteiger partial charge in [0.25, 0.3) is 0 Å². The number of rotatable bonds is 15. The molecule has 10 nitrogen and oxygen atoms in total. The summed E-state index contributed by atoms with van der Waals surface area (Å²) in [5.74, 6) is -0.211. The Kier molecular flexibility index (Phi) is 13.5. The number of ether oxygens (including phenoxy) is 2. The molecule has 0 spiro atoms. The molecule has 0 aromatic heterocycles. The van der Waals surface area contributed by atoms with Crippen molar-refractivity contribution in [2.45, 2.75) is 134 Å². The van der Waals surface area contributed by atoms with Crippen LogP contribution in [0.2, 0.25) is 0 Å². The Balaban J connectivity index is 1.27. The summed E-state index contributed by atoms with van der Waals surface area (Å²) in [5.41, 5.74) is 3.15. The van der Waals surface area contributed by atoms with E-state index in [0.29, 0.717) is 31.9 Å². The zero-order chi connectivity index (χ0) is 39.1. The Bertz CT molecular complexity index is 1660. The lowest BCUT2D eigenvalue weighted by Crippen LogP contribution is -2.61. The van der Waals surface area contributed by atoms with Gasteiger partial charge in [-0.15, -0.1) is 0 Å². The molecule has 2 amide bonds. The maximum Gasteiger partial charge on any atom is 0.407 e. The minimum absolute atomic E-state index is 0.0673. The van der Waals surface area contributed by atoms with Crippen molar-refractivity contribution < 1.29 is 29.3 Å². The molecule has 2 aliphatic rings. The van der Waals surface area contributed by atoms with E-state index in [1.54, 1.807) is 20.8 Å². The van der Waals surface area contributed by atoms with Gasteiger partial charge >= 0.3 is 6.09 Å². The monoisotopic (exact) mass is 742 g/mol. The van der Waals surface area contributed by atoms with E-state index in [1.807, 2.05) is 78.9 Å². The van der Waals surface area contributed by atoms with Crippen LogP contribution in [-0.4, -0.2) is 76.3 Å². The molecule has 5 rings (SSSR count). The number of amides is 2. The molecule has 1 heterocycles. The van der Waals surface area contributed by atoms with Crippen LogP contribution in [0.25, 0.3) is 0 Å². The Hall–Kier alpha value is -3.96. The van der Waals surface area contributed by atoms with Crippen LogP contribution >= 0.6 is 0 Å². The number of carbonyl (C=O) groups excluding carboxylic acids is 2. The first-order valence-electron chi connectivity index (χ1n) is 19.5. The molecule has 54 heavy (non-hydrogen) atoms. The number of alkyl carbamates (subject to hydrolysis) is 1. The van der Waals surface area contributed by atoms with Crippen LogP contribution in [-0.2, 0) is 28.8 Å². The summed E-state index contributed by atoms with van der Waals surface area (Å²) in [6.07, 6.45) is 0.824. The highest BCUT2D eigenvalue weighted by Crippen LogP contribution is 2.32. The molecule has 0 saturated carbocycles. The summed E-state index contributed by atoms with van der Waals surface area (Å²) >= 11 is 0. The van der Waals surface area contributed by atoms with Gasteiger partial charge in [0.15, 0.2) is 0 Å². The predicted octanol–water partition coefficient (Wildman–Crippen LogP) is 5.78. The van der Waals surface area contributed by atoms with Crippen molar-refractivity contribution in [2.75, 3.05) is 13.2 Å². The zero-order valence-electron chi connectivity index (χ0n) is 33.2. The highest BCUT2D eigenvalue weighted by atomic mass is 16.6. The van der Waals surface area contributed by atoms with Gasteiger partial charge in [-0.25, -0.2) is 4.79 Å². The number of carbonyl (C=O) groups is 2. The van der Waals surface area contributed by atoms with Crippen molar-refractivity contribution in [3.63, 3.8) is 0 Å². The number of fused-ring (bicyclic) bond motifs is 1. The molecule has 0 bridgehead atoms. The van der Waals surface area contributed by atoms with Gasteiger partial charge in [-0.2, -0.15) is 0 Å². The molecule has 1 saturated heterocycles. The van der Waals surface area contributed by atoms with Crippen molar-refractivity contribution in [2.24, 2.45) is 5.92 Å².